The smallest absolute Gasteiger partial charge is 0.147 e. The molecule has 0 saturated heterocycles. The minimum atomic E-state index is 0.674. The molecule has 0 aliphatic heterocycles. The van der Waals surface area contributed by atoms with Crippen LogP contribution in [0.3, 0.4) is 0 Å². The highest BCUT2D eigenvalue weighted by molar-refractivity contribution is 9.11. The lowest BCUT2D eigenvalue weighted by atomic mass is 9.83. The van der Waals surface area contributed by atoms with Crippen molar-refractivity contribution < 1.29 is 4.74 Å². The number of hydrogen-bond acceptors (Lipinski definition) is 2. The Hall–Kier alpha value is -0.0600. The standard InChI is InChI=1S/C16H23Br2NO/c1-3-12-6-4-5-7-15(12)19-10-11-8-13(17)16(20-2)14(18)9-11/h8-9,12,15,19H,3-7,10H2,1-2H3. The Kier molecular flexibility index (Phi) is 6.37. The van der Waals surface area contributed by atoms with Crippen molar-refractivity contribution in [1.82, 2.24) is 5.32 Å². The quantitative estimate of drug-likeness (QED) is 0.720. The molecule has 0 spiro atoms. The van der Waals surface area contributed by atoms with Crippen LogP contribution in [0, 0.1) is 5.92 Å². The van der Waals surface area contributed by atoms with Gasteiger partial charge in [-0.05, 0) is 68.3 Å². The van der Waals surface area contributed by atoms with Crippen LogP contribution in [0.4, 0.5) is 0 Å². The molecule has 1 N–H and O–H groups in total. The van der Waals surface area contributed by atoms with Crippen molar-refractivity contribution in [1.29, 1.82) is 0 Å². The highest BCUT2D eigenvalue weighted by Crippen LogP contribution is 2.34. The van der Waals surface area contributed by atoms with Crippen LogP contribution < -0.4 is 10.1 Å². The highest BCUT2D eigenvalue weighted by Gasteiger charge is 2.23. The molecule has 4 heteroatoms. The van der Waals surface area contributed by atoms with Crippen LogP contribution in [-0.4, -0.2) is 13.2 Å². The molecule has 0 radical (unpaired) electrons. The van der Waals surface area contributed by atoms with Gasteiger partial charge in [0.25, 0.3) is 0 Å². The van der Waals surface area contributed by atoms with E-state index in [9.17, 15) is 0 Å². The van der Waals surface area contributed by atoms with Crippen LogP contribution in [0.5, 0.6) is 5.75 Å². The zero-order valence-electron chi connectivity index (χ0n) is 12.2. The van der Waals surface area contributed by atoms with Crippen molar-refractivity contribution in [2.24, 2.45) is 5.92 Å². The van der Waals surface area contributed by atoms with Gasteiger partial charge >= 0.3 is 0 Å². The average molecular weight is 405 g/mol. The van der Waals surface area contributed by atoms with E-state index in [-0.39, 0.29) is 0 Å². The van der Waals surface area contributed by atoms with Crippen LogP contribution in [0.25, 0.3) is 0 Å². The summed E-state index contributed by atoms with van der Waals surface area (Å²) in [5, 5.41) is 3.75. The second kappa shape index (κ2) is 7.81. The first kappa shape index (κ1) is 16.3. The molecule has 2 atom stereocenters. The third-order valence-corrected chi connectivity index (χ3v) is 5.44. The molecule has 0 heterocycles. The van der Waals surface area contributed by atoms with Crippen molar-refractivity contribution in [3.05, 3.63) is 26.6 Å². The van der Waals surface area contributed by atoms with Gasteiger partial charge in [-0.3, -0.25) is 0 Å². The minimum Gasteiger partial charge on any atom is -0.494 e. The summed E-state index contributed by atoms with van der Waals surface area (Å²) >= 11 is 7.13. The van der Waals surface area contributed by atoms with E-state index < -0.39 is 0 Å². The summed E-state index contributed by atoms with van der Waals surface area (Å²) in [5.41, 5.74) is 1.28. The Balaban J connectivity index is 2.00. The molecule has 0 amide bonds. The fraction of sp³-hybridized carbons (Fsp3) is 0.625. The second-order valence-electron chi connectivity index (χ2n) is 5.53. The van der Waals surface area contributed by atoms with Crippen molar-refractivity contribution in [3.8, 4) is 5.75 Å². The fourth-order valence-corrected chi connectivity index (χ4v) is 4.73. The first-order chi connectivity index (χ1) is 9.65. The van der Waals surface area contributed by atoms with E-state index in [0.717, 1.165) is 27.2 Å². The third-order valence-electron chi connectivity index (χ3n) is 4.26. The topological polar surface area (TPSA) is 21.3 Å². The number of nitrogens with one attached hydrogen (secondary N) is 1. The predicted octanol–water partition coefficient (Wildman–Crippen LogP) is 5.28. The van der Waals surface area contributed by atoms with Gasteiger partial charge in [0, 0.05) is 12.6 Å². The van der Waals surface area contributed by atoms with Crippen LogP contribution >= 0.6 is 31.9 Å². The Bertz CT molecular complexity index is 427. The minimum absolute atomic E-state index is 0.674. The van der Waals surface area contributed by atoms with Gasteiger partial charge in [0.05, 0.1) is 16.1 Å². The maximum absolute atomic E-state index is 5.35. The lowest BCUT2D eigenvalue weighted by Gasteiger charge is -2.31. The molecule has 2 nitrogen and oxygen atoms in total. The van der Waals surface area contributed by atoms with E-state index in [1.807, 2.05) is 0 Å². The van der Waals surface area contributed by atoms with Crippen LogP contribution in [0.15, 0.2) is 21.1 Å². The van der Waals surface area contributed by atoms with Gasteiger partial charge in [-0.25, -0.2) is 0 Å². The van der Waals surface area contributed by atoms with E-state index in [1.165, 1.54) is 37.7 Å². The molecule has 1 saturated carbocycles. The van der Waals surface area contributed by atoms with Gasteiger partial charge in [-0.2, -0.15) is 0 Å². The third kappa shape index (κ3) is 3.99. The molecule has 2 rings (SSSR count). The zero-order chi connectivity index (χ0) is 14.5. The van der Waals surface area contributed by atoms with Gasteiger partial charge in [-0.1, -0.05) is 26.2 Å². The summed E-state index contributed by atoms with van der Waals surface area (Å²) in [6.45, 7) is 3.23. The number of rotatable bonds is 5. The molecule has 1 aromatic rings. The Morgan fingerprint density at radius 3 is 2.45 bits per heavy atom. The molecule has 2 unspecified atom stereocenters. The Labute approximate surface area is 138 Å². The maximum atomic E-state index is 5.35. The normalized spacial score (nSPS) is 22.8. The molecular formula is C16H23Br2NO. The van der Waals surface area contributed by atoms with Crippen LogP contribution in [0.2, 0.25) is 0 Å². The number of benzene rings is 1. The van der Waals surface area contributed by atoms with Gasteiger partial charge in [0.15, 0.2) is 0 Å². The lowest BCUT2D eigenvalue weighted by Crippen LogP contribution is -2.37. The molecule has 112 valence electrons. The van der Waals surface area contributed by atoms with Crippen molar-refractivity contribution in [3.63, 3.8) is 0 Å². The van der Waals surface area contributed by atoms with E-state index in [2.05, 4.69) is 56.2 Å². The van der Waals surface area contributed by atoms with Crippen LogP contribution in [-0.2, 0) is 6.54 Å². The summed E-state index contributed by atoms with van der Waals surface area (Å²) in [7, 11) is 1.69. The first-order valence-electron chi connectivity index (χ1n) is 7.41. The summed E-state index contributed by atoms with van der Waals surface area (Å²) < 4.78 is 7.35. The monoisotopic (exact) mass is 403 g/mol. The van der Waals surface area contributed by atoms with E-state index in [0.29, 0.717) is 6.04 Å². The van der Waals surface area contributed by atoms with Crippen molar-refractivity contribution in [2.45, 2.75) is 51.6 Å². The zero-order valence-corrected chi connectivity index (χ0v) is 15.4. The van der Waals surface area contributed by atoms with Gasteiger partial charge in [-0.15, -0.1) is 0 Å². The first-order valence-corrected chi connectivity index (χ1v) is 8.99. The summed E-state index contributed by atoms with van der Waals surface area (Å²) in [6.07, 6.45) is 6.75. The van der Waals surface area contributed by atoms with Crippen molar-refractivity contribution in [2.75, 3.05) is 7.11 Å². The number of halogens is 2. The highest BCUT2D eigenvalue weighted by atomic mass is 79.9. The van der Waals surface area contributed by atoms with Gasteiger partial charge < -0.3 is 10.1 Å². The molecule has 0 aromatic heterocycles. The predicted molar refractivity (Wildman–Crippen MR) is 91.3 cm³/mol. The number of hydrogen-bond donors (Lipinski definition) is 1. The van der Waals surface area contributed by atoms with E-state index in [1.54, 1.807) is 7.11 Å². The molecule has 1 fully saturated rings. The largest absolute Gasteiger partial charge is 0.494 e. The van der Waals surface area contributed by atoms with Gasteiger partial charge in [0.1, 0.15) is 5.75 Å². The molecule has 20 heavy (non-hydrogen) atoms. The number of ether oxygens (including phenoxy) is 1. The van der Waals surface area contributed by atoms with Crippen molar-refractivity contribution >= 4 is 31.9 Å². The Morgan fingerprint density at radius 1 is 1.20 bits per heavy atom. The molecule has 1 aliphatic carbocycles. The van der Waals surface area contributed by atoms with Gasteiger partial charge in [0.2, 0.25) is 0 Å². The number of methoxy groups -OCH3 is 1. The lowest BCUT2D eigenvalue weighted by molar-refractivity contribution is 0.254. The fourth-order valence-electron chi connectivity index (χ4n) is 3.12. The van der Waals surface area contributed by atoms with Crippen LogP contribution in [0.1, 0.15) is 44.6 Å². The average Bonchev–Trinajstić information content (AvgIpc) is 2.45. The second-order valence-corrected chi connectivity index (χ2v) is 7.24. The summed E-state index contributed by atoms with van der Waals surface area (Å²) in [5.74, 6) is 1.70. The maximum Gasteiger partial charge on any atom is 0.147 e. The SMILES string of the molecule is CCC1CCCCC1NCc1cc(Br)c(OC)c(Br)c1. The Morgan fingerprint density at radius 2 is 1.85 bits per heavy atom. The molecule has 1 aromatic carbocycles. The molecule has 0 bridgehead atoms. The van der Waals surface area contributed by atoms with E-state index in [4.69, 9.17) is 4.74 Å². The molecular weight excluding hydrogens is 382 g/mol. The van der Waals surface area contributed by atoms with E-state index >= 15 is 0 Å². The summed E-state index contributed by atoms with van der Waals surface area (Å²) in [6, 6.07) is 4.95. The molecule has 1 aliphatic rings. The summed E-state index contributed by atoms with van der Waals surface area (Å²) in [4.78, 5) is 0.